The molecule has 0 radical (unpaired) electrons. The van der Waals surface area contributed by atoms with Gasteiger partial charge in [-0.3, -0.25) is 0 Å². The van der Waals surface area contributed by atoms with E-state index in [0.29, 0.717) is 6.61 Å². The van der Waals surface area contributed by atoms with Crippen molar-refractivity contribution in [2.75, 3.05) is 38.9 Å². The summed E-state index contributed by atoms with van der Waals surface area (Å²) >= 11 is 3.18. The predicted molar refractivity (Wildman–Crippen MR) is 104 cm³/mol. The Labute approximate surface area is 198 Å². The van der Waals surface area contributed by atoms with Crippen molar-refractivity contribution in [3.8, 4) is 0 Å². The molecule has 0 spiro atoms. The minimum Gasteiger partial charge on any atom is -0.850 e. The van der Waals surface area contributed by atoms with E-state index >= 15 is 0 Å². The molecule has 148 valence electrons. The van der Waals surface area contributed by atoms with Crippen molar-refractivity contribution in [1.29, 1.82) is 0 Å². The number of halogens is 1. The summed E-state index contributed by atoms with van der Waals surface area (Å²) in [5.74, 6) is 0. The first-order chi connectivity index (χ1) is 8.24. The SMILES string of the molecule is C.C.C.C.CC(C)(C)[O-].CCCO.COCCBr.OCCO.[K+]. The summed E-state index contributed by atoms with van der Waals surface area (Å²) in [5, 5.41) is 34.2. The van der Waals surface area contributed by atoms with Gasteiger partial charge in [0.2, 0.25) is 0 Å². The topological polar surface area (TPSA) is 93.0 Å². The normalized spacial score (nSPS) is 7.04. The molecule has 0 unspecified atom stereocenters. The number of aliphatic hydroxyl groups excluding tert-OH is 3. The van der Waals surface area contributed by atoms with E-state index in [2.05, 4.69) is 20.7 Å². The van der Waals surface area contributed by atoms with Crippen LogP contribution in [-0.2, 0) is 4.74 Å². The van der Waals surface area contributed by atoms with E-state index in [1.807, 2.05) is 6.92 Å². The zero-order valence-corrected chi connectivity index (χ0v) is 18.0. The van der Waals surface area contributed by atoms with Gasteiger partial charge in [-0.1, -0.05) is 73.3 Å². The van der Waals surface area contributed by atoms with Crippen LogP contribution in [0.15, 0.2) is 0 Å². The van der Waals surface area contributed by atoms with Gasteiger partial charge in [0.05, 0.1) is 19.8 Å². The van der Waals surface area contributed by atoms with Crippen LogP contribution in [-0.4, -0.2) is 59.8 Å². The van der Waals surface area contributed by atoms with E-state index < -0.39 is 5.60 Å². The van der Waals surface area contributed by atoms with Gasteiger partial charge in [-0.2, -0.15) is 0 Å². The quantitative estimate of drug-likeness (QED) is 0.428. The first kappa shape index (κ1) is 56.3. The van der Waals surface area contributed by atoms with Crippen molar-refractivity contribution in [1.82, 2.24) is 0 Å². The number of alkyl halides is 1. The number of aliphatic hydroxyl groups is 3. The largest absolute Gasteiger partial charge is 1.00 e. The Hall–Kier alpha value is 1.92. The second-order valence-corrected chi connectivity index (χ2v) is 4.76. The maximum Gasteiger partial charge on any atom is 1.00 e. The van der Waals surface area contributed by atoms with Crippen molar-refractivity contribution in [3.05, 3.63) is 0 Å². The molecule has 0 aliphatic heterocycles. The molecule has 0 saturated carbocycles. The first-order valence-corrected chi connectivity index (χ1v) is 6.95. The molecule has 5 nitrogen and oxygen atoms in total. The van der Waals surface area contributed by atoms with E-state index in [1.165, 1.54) is 0 Å². The van der Waals surface area contributed by atoms with Gasteiger partial charge < -0.3 is 25.2 Å². The summed E-state index contributed by atoms with van der Waals surface area (Å²) in [7, 11) is 1.68. The van der Waals surface area contributed by atoms with Gasteiger partial charge in [0, 0.05) is 19.0 Å². The van der Waals surface area contributed by atoms with Crippen LogP contribution in [0.3, 0.4) is 0 Å². The predicted octanol–water partition coefficient (Wildman–Crippen LogP) is 0.0810. The first-order valence-electron chi connectivity index (χ1n) is 5.82. The number of hydrogen-bond donors (Lipinski definition) is 3. The maximum atomic E-state index is 10.1. The van der Waals surface area contributed by atoms with Crippen molar-refractivity contribution in [2.45, 2.75) is 69.4 Å². The van der Waals surface area contributed by atoms with Gasteiger partial charge in [0.1, 0.15) is 0 Å². The van der Waals surface area contributed by atoms with Crippen LogP contribution in [0.1, 0.15) is 63.8 Å². The van der Waals surface area contributed by atoms with Crippen molar-refractivity contribution in [3.63, 3.8) is 0 Å². The minimum atomic E-state index is -0.750. The molecule has 0 rings (SSSR count). The molecule has 0 heterocycles. The molecule has 23 heavy (non-hydrogen) atoms. The van der Waals surface area contributed by atoms with Crippen LogP contribution < -0.4 is 56.5 Å². The molecule has 0 aliphatic carbocycles. The number of rotatable bonds is 4. The van der Waals surface area contributed by atoms with Gasteiger partial charge in [-0.05, 0) is 6.42 Å². The number of hydrogen-bond acceptors (Lipinski definition) is 5. The Bertz CT molecular complexity index is 99.1. The second-order valence-electron chi connectivity index (χ2n) is 3.96. The Kier molecular flexibility index (Phi) is 138. The van der Waals surface area contributed by atoms with Gasteiger partial charge in [-0.25, -0.2) is 0 Å². The summed E-state index contributed by atoms with van der Waals surface area (Å²) < 4.78 is 4.64. The second kappa shape index (κ2) is 56.4. The van der Waals surface area contributed by atoms with Crippen molar-refractivity contribution in [2.24, 2.45) is 0 Å². The Morgan fingerprint density at radius 2 is 1.13 bits per heavy atom. The molecular formula is C16H46BrKO5. The van der Waals surface area contributed by atoms with Gasteiger partial charge in [0.15, 0.2) is 0 Å². The van der Waals surface area contributed by atoms with Crippen LogP contribution in [0.4, 0.5) is 0 Å². The van der Waals surface area contributed by atoms with Crippen LogP contribution in [0.2, 0.25) is 0 Å². The maximum absolute atomic E-state index is 10.1. The zero-order chi connectivity index (χ0) is 15.4. The molecule has 0 aromatic carbocycles. The van der Waals surface area contributed by atoms with Crippen LogP contribution in [0.5, 0.6) is 0 Å². The molecule has 0 bridgehead atoms. The Balaban J connectivity index is -0.0000000152. The molecule has 3 N–H and O–H groups in total. The zero-order valence-electron chi connectivity index (χ0n) is 13.3. The molecular weight excluding hydrogens is 391 g/mol. The van der Waals surface area contributed by atoms with E-state index in [-0.39, 0.29) is 94.3 Å². The fourth-order valence-corrected chi connectivity index (χ4v) is 0.401. The summed E-state index contributed by atoms with van der Waals surface area (Å²) in [6.45, 7) is 7.70. The van der Waals surface area contributed by atoms with Gasteiger partial charge >= 0.3 is 51.4 Å². The average molecular weight is 438 g/mol. The summed E-state index contributed by atoms with van der Waals surface area (Å²) in [6, 6.07) is 0. The average Bonchev–Trinajstić information content (AvgIpc) is 2.29. The van der Waals surface area contributed by atoms with Gasteiger partial charge in [0.25, 0.3) is 0 Å². The molecule has 0 aromatic heterocycles. The standard InChI is InChI=1S/C4H9O.C3H7BrO.C3H8O.C2H6O2.4CH4.K/c1-4(2,3)5;1-5-3-2-4;1-2-3-4;3-1-2-4;;;;;/h1-3H3;2-3H2,1H3;4H,2-3H2,1H3;3-4H,1-2H2;4*1H4;/q-1;;;;;;;;+1. The number of ether oxygens (including phenoxy) is 1. The third kappa shape index (κ3) is 328. The number of methoxy groups -OCH3 is 1. The summed E-state index contributed by atoms with van der Waals surface area (Å²) in [6.07, 6.45) is 0.875. The van der Waals surface area contributed by atoms with Crippen LogP contribution in [0.25, 0.3) is 0 Å². The molecule has 0 atom stereocenters. The fourth-order valence-electron chi connectivity index (χ4n) is 0.0772. The van der Waals surface area contributed by atoms with E-state index in [9.17, 15) is 5.11 Å². The van der Waals surface area contributed by atoms with E-state index in [1.54, 1.807) is 27.9 Å². The van der Waals surface area contributed by atoms with Crippen molar-refractivity contribution < 1.29 is 76.5 Å². The minimum absolute atomic E-state index is 0. The molecule has 0 aromatic rings. The summed E-state index contributed by atoms with van der Waals surface area (Å²) in [4.78, 5) is 0. The van der Waals surface area contributed by atoms with Crippen LogP contribution in [0, 0.1) is 0 Å². The van der Waals surface area contributed by atoms with Gasteiger partial charge in [-0.15, -0.1) is 5.60 Å². The van der Waals surface area contributed by atoms with Crippen LogP contribution >= 0.6 is 15.9 Å². The third-order valence-electron chi connectivity index (χ3n) is 0.605. The molecule has 0 fully saturated rings. The van der Waals surface area contributed by atoms with E-state index in [0.717, 1.165) is 18.4 Å². The monoisotopic (exact) mass is 436 g/mol. The summed E-state index contributed by atoms with van der Waals surface area (Å²) in [5.41, 5.74) is -0.750. The molecule has 7 heteroatoms. The molecule has 0 saturated heterocycles. The van der Waals surface area contributed by atoms with Crippen molar-refractivity contribution >= 4 is 15.9 Å². The van der Waals surface area contributed by atoms with E-state index in [4.69, 9.17) is 15.3 Å². The fraction of sp³-hybridized carbons (Fsp3) is 1.00. The smallest absolute Gasteiger partial charge is 0.850 e. The third-order valence-corrected chi connectivity index (χ3v) is 0.929. The Morgan fingerprint density at radius 3 is 1.13 bits per heavy atom. The molecule has 0 aliphatic rings. The molecule has 0 amide bonds. The Morgan fingerprint density at radius 1 is 0.913 bits per heavy atom.